The molecule has 2 unspecified atom stereocenters. The van der Waals surface area contributed by atoms with Crippen molar-refractivity contribution >= 4 is 18.0 Å². The number of hydrogen-bond acceptors (Lipinski definition) is 4. The zero-order chi connectivity index (χ0) is 24.7. The summed E-state index contributed by atoms with van der Waals surface area (Å²) in [4.78, 5) is 39.3. The van der Waals surface area contributed by atoms with Crippen molar-refractivity contribution in [1.29, 1.82) is 0 Å². The minimum Gasteiger partial charge on any atom is -0.481 e. The van der Waals surface area contributed by atoms with Crippen LogP contribution in [0.15, 0.2) is 48.5 Å². The van der Waals surface area contributed by atoms with Gasteiger partial charge in [-0.2, -0.15) is 0 Å². The first-order valence-corrected chi connectivity index (χ1v) is 11.6. The summed E-state index contributed by atoms with van der Waals surface area (Å²) in [7, 11) is 0. The normalized spacial score (nSPS) is 20.4. The predicted octanol–water partition coefficient (Wildman–Crippen LogP) is 4.26. The lowest BCUT2D eigenvalue weighted by Crippen LogP contribution is -2.54. The van der Waals surface area contributed by atoms with Gasteiger partial charge >= 0.3 is 12.1 Å². The fourth-order valence-corrected chi connectivity index (χ4v) is 4.91. The number of hydrogen-bond donors (Lipinski definition) is 2. The first-order valence-electron chi connectivity index (χ1n) is 11.6. The molecule has 7 nitrogen and oxygen atoms in total. The quantitative estimate of drug-likeness (QED) is 0.689. The van der Waals surface area contributed by atoms with Gasteiger partial charge in [0.15, 0.2) is 0 Å². The Labute approximate surface area is 200 Å². The van der Waals surface area contributed by atoms with Crippen molar-refractivity contribution in [1.82, 2.24) is 10.2 Å². The number of amides is 2. The minimum atomic E-state index is -0.970. The van der Waals surface area contributed by atoms with Gasteiger partial charge in [0.2, 0.25) is 5.91 Å². The number of nitrogens with zero attached hydrogens (tertiary/aromatic N) is 1. The van der Waals surface area contributed by atoms with Gasteiger partial charge in [-0.1, -0.05) is 69.3 Å². The number of fused-ring (bicyclic) bond motifs is 3. The average molecular weight is 465 g/mol. The maximum Gasteiger partial charge on any atom is 0.407 e. The molecule has 1 aliphatic heterocycles. The monoisotopic (exact) mass is 464 g/mol. The number of carboxylic acid groups (broad SMARTS) is 1. The molecule has 1 aliphatic carbocycles. The molecule has 0 saturated carbocycles. The highest BCUT2D eigenvalue weighted by Gasteiger charge is 2.45. The zero-order valence-electron chi connectivity index (χ0n) is 20.1. The summed E-state index contributed by atoms with van der Waals surface area (Å²) in [6.07, 6.45) is -0.272. The summed E-state index contributed by atoms with van der Waals surface area (Å²) in [5.41, 5.74) is 2.97. The van der Waals surface area contributed by atoms with E-state index < -0.39 is 28.9 Å². The molecule has 0 radical (unpaired) electrons. The topological polar surface area (TPSA) is 95.9 Å². The van der Waals surface area contributed by atoms with Crippen LogP contribution in [-0.4, -0.2) is 53.7 Å². The van der Waals surface area contributed by atoms with Crippen LogP contribution in [0, 0.1) is 10.8 Å². The minimum absolute atomic E-state index is 0.0724. The van der Waals surface area contributed by atoms with E-state index in [1.54, 1.807) is 6.92 Å². The Morgan fingerprint density at radius 1 is 1.09 bits per heavy atom. The van der Waals surface area contributed by atoms with Gasteiger partial charge in [-0.15, -0.1) is 0 Å². The number of ether oxygens (including phenoxy) is 1. The van der Waals surface area contributed by atoms with Crippen LogP contribution in [-0.2, 0) is 14.3 Å². The molecule has 2 N–H and O–H groups in total. The van der Waals surface area contributed by atoms with Gasteiger partial charge in [0, 0.05) is 19.0 Å². The van der Waals surface area contributed by atoms with Crippen molar-refractivity contribution in [2.75, 3.05) is 19.7 Å². The summed E-state index contributed by atoms with van der Waals surface area (Å²) in [6.45, 7) is 7.88. The van der Waals surface area contributed by atoms with Gasteiger partial charge < -0.3 is 20.1 Å². The molecule has 2 aliphatic rings. The summed E-state index contributed by atoms with van der Waals surface area (Å²) in [6, 6.07) is 15.4. The van der Waals surface area contributed by atoms with Gasteiger partial charge in [-0.25, -0.2) is 4.79 Å². The highest BCUT2D eigenvalue weighted by Crippen LogP contribution is 2.44. The molecule has 0 bridgehead atoms. The number of aliphatic carboxylic acids is 1. The molecule has 2 aromatic rings. The molecular weight excluding hydrogens is 432 g/mol. The molecule has 1 heterocycles. The second-order valence-corrected chi connectivity index (χ2v) is 10.6. The van der Waals surface area contributed by atoms with Gasteiger partial charge in [0.1, 0.15) is 12.6 Å². The number of carboxylic acids is 1. The molecule has 4 rings (SSSR count). The number of nitrogens with one attached hydrogen (secondary N) is 1. The SMILES string of the molecule is CC1(C(=O)O)CCN(C(=O)C(NC(=O)OCC2c3ccccc3-c3ccccc32)C(C)(C)C)C1. The van der Waals surface area contributed by atoms with Gasteiger partial charge in [0.05, 0.1) is 5.41 Å². The Bertz CT molecular complexity index is 1080. The largest absolute Gasteiger partial charge is 0.481 e. The van der Waals surface area contributed by atoms with Crippen LogP contribution >= 0.6 is 0 Å². The molecular formula is C27H32N2O5. The molecule has 2 aromatic carbocycles. The molecule has 34 heavy (non-hydrogen) atoms. The van der Waals surface area contributed by atoms with Crippen molar-refractivity contribution < 1.29 is 24.2 Å². The van der Waals surface area contributed by atoms with Crippen LogP contribution in [0.25, 0.3) is 11.1 Å². The molecule has 7 heteroatoms. The van der Waals surface area contributed by atoms with E-state index in [1.807, 2.05) is 45.0 Å². The van der Waals surface area contributed by atoms with Gasteiger partial charge in [-0.05, 0) is 41.0 Å². The predicted molar refractivity (Wildman–Crippen MR) is 128 cm³/mol. The second-order valence-electron chi connectivity index (χ2n) is 10.6. The zero-order valence-corrected chi connectivity index (χ0v) is 20.1. The van der Waals surface area contributed by atoms with E-state index in [9.17, 15) is 19.5 Å². The Hall–Kier alpha value is -3.35. The maximum atomic E-state index is 13.3. The Morgan fingerprint density at radius 2 is 1.65 bits per heavy atom. The van der Waals surface area contributed by atoms with Crippen molar-refractivity contribution in [3.63, 3.8) is 0 Å². The van der Waals surface area contributed by atoms with Crippen molar-refractivity contribution in [3.05, 3.63) is 59.7 Å². The highest BCUT2D eigenvalue weighted by atomic mass is 16.5. The van der Waals surface area contributed by atoms with Crippen molar-refractivity contribution in [3.8, 4) is 11.1 Å². The van der Waals surface area contributed by atoms with Crippen LogP contribution in [0.3, 0.4) is 0 Å². The molecule has 0 aromatic heterocycles. The van der Waals surface area contributed by atoms with Crippen LogP contribution in [0.1, 0.15) is 51.2 Å². The van der Waals surface area contributed by atoms with Crippen LogP contribution in [0.4, 0.5) is 4.79 Å². The Balaban J connectivity index is 1.45. The van der Waals surface area contributed by atoms with Crippen molar-refractivity contribution in [2.45, 2.75) is 46.1 Å². The first-order chi connectivity index (χ1) is 16.0. The molecule has 1 saturated heterocycles. The summed E-state index contributed by atoms with van der Waals surface area (Å²) in [5, 5.41) is 12.3. The van der Waals surface area contributed by atoms with Crippen LogP contribution < -0.4 is 5.32 Å². The lowest BCUT2D eigenvalue weighted by atomic mass is 9.85. The first kappa shape index (κ1) is 23.8. The fourth-order valence-electron chi connectivity index (χ4n) is 4.91. The third-order valence-electron chi connectivity index (χ3n) is 7.02. The second kappa shape index (κ2) is 8.78. The van der Waals surface area contributed by atoms with E-state index in [0.29, 0.717) is 13.0 Å². The number of carbonyl (C=O) groups is 3. The van der Waals surface area contributed by atoms with Gasteiger partial charge in [0.25, 0.3) is 0 Å². The lowest BCUT2D eigenvalue weighted by Gasteiger charge is -2.33. The number of rotatable bonds is 5. The molecule has 1 fully saturated rings. The number of benzene rings is 2. The number of carbonyl (C=O) groups excluding carboxylic acids is 2. The summed E-state index contributed by atoms with van der Waals surface area (Å²) < 4.78 is 5.64. The smallest absolute Gasteiger partial charge is 0.407 e. The van der Waals surface area contributed by atoms with Crippen LogP contribution in [0.2, 0.25) is 0 Å². The van der Waals surface area contributed by atoms with E-state index in [4.69, 9.17) is 4.74 Å². The third kappa shape index (κ3) is 4.39. The molecule has 0 spiro atoms. The van der Waals surface area contributed by atoms with Crippen LogP contribution in [0.5, 0.6) is 0 Å². The Kier molecular flexibility index (Phi) is 6.14. The van der Waals surface area contributed by atoms with E-state index in [0.717, 1.165) is 22.3 Å². The number of alkyl carbamates (subject to hydrolysis) is 1. The standard InChI is InChI=1S/C27H32N2O5/c1-26(2,3)22(23(30)29-14-13-27(4,16-29)24(31)32)28-25(33)34-15-21-19-11-7-5-9-17(19)18-10-6-8-12-20(18)21/h5-12,21-22H,13-16H2,1-4H3,(H,28,33)(H,31,32). The lowest BCUT2D eigenvalue weighted by molar-refractivity contribution is -0.147. The van der Waals surface area contributed by atoms with E-state index in [1.165, 1.54) is 4.90 Å². The Morgan fingerprint density at radius 3 is 2.15 bits per heavy atom. The summed E-state index contributed by atoms with van der Waals surface area (Å²) in [5.74, 6) is -1.28. The maximum absolute atomic E-state index is 13.3. The molecule has 2 atom stereocenters. The van der Waals surface area contributed by atoms with Gasteiger partial charge in [-0.3, -0.25) is 9.59 Å². The molecule has 180 valence electrons. The molecule has 2 amide bonds. The van der Waals surface area contributed by atoms with E-state index >= 15 is 0 Å². The van der Waals surface area contributed by atoms with E-state index in [2.05, 4.69) is 29.6 Å². The average Bonchev–Trinajstić information content (AvgIpc) is 3.34. The van der Waals surface area contributed by atoms with E-state index in [-0.39, 0.29) is 25.0 Å². The van der Waals surface area contributed by atoms with Crippen molar-refractivity contribution in [2.24, 2.45) is 10.8 Å². The fraction of sp³-hybridized carbons (Fsp3) is 0.444. The summed E-state index contributed by atoms with van der Waals surface area (Å²) >= 11 is 0. The number of likely N-dealkylation sites (tertiary alicyclic amines) is 1. The third-order valence-corrected chi connectivity index (χ3v) is 7.02. The highest BCUT2D eigenvalue weighted by molar-refractivity contribution is 5.88.